The molecule has 0 aliphatic carbocycles. The van der Waals surface area contributed by atoms with Gasteiger partial charge in [-0.15, -0.1) is 24.0 Å². The van der Waals surface area contributed by atoms with Crippen molar-refractivity contribution in [1.29, 1.82) is 0 Å². The Balaban J connectivity index is 0.00000324. The Morgan fingerprint density at radius 3 is 2.74 bits per heavy atom. The first-order valence-corrected chi connectivity index (χ1v) is 7.12. The van der Waals surface area contributed by atoms with Gasteiger partial charge in [0.2, 0.25) is 0 Å². The summed E-state index contributed by atoms with van der Waals surface area (Å²) in [5.74, 6) is 1.82. The topological polar surface area (TPSA) is 50.4 Å². The van der Waals surface area contributed by atoms with E-state index in [9.17, 15) is 4.39 Å². The SMILES string of the molecule is CC(C)NC(N)=NCCSCc1ccccc1F.I. The molecule has 0 atom stereocenters. The Morgan fingerprint density at radius 1 is 1.42 bits per heavy atom. The molecular formula is C13H21FIN3S. The first kappa shape index (κ1) is 18.5. The van der Waals surface area contributed by atoms with Crippen LogP contribution in [0, 0.1) is 5.82 Å². The normalized spacial score (nSPS) is 11.3. The third kappa shape index (κ3) is 8.30. The van der Waals surface area contributed by atoms with Gasteiger partial charge in [-0.05, 0) is 25.5 Å². The Kier molecular flexibility index (Phi) is 10.0. The second-order valence-electron chi connectivity index (χ2n) is 4.21. The van der Waals surface area contributed by atoms with Crippen LogP contribution in [0.25, 0.3) is 0 Å². The predicted molar refractivity (Wildman–Crippen MR) is 92.7 cm³/mol. The highest BCUT2D eigenvalue weighted by Gasteiger charge is 2.00. The van der Waals surface area contributed by atoms with Crippen molar-refractivity contribution >= 4 is 41.7 Å². The van der Waals surface area contributed by atoms with Crippen LogP contribution in [-0.2, 0) is 5.75 Å². The number of halogens is 2. The van der Waals surface area contributed by atoms with Gasteiger partial charge < -0.3 is 11.1 Å². The van der Waals surface area contributed by atoms with E-state index < -0.39 is 0 Å². The molecule has 0 spiro atoms. The van der Waals surface area contributed by atoms with Crippen LogP contribution in [0.4, 0.5) is 4.39 Å². The van der Waals surface area contributed by atoms with Gasteiger partial charge in [-0.1, -0.05) is 18.2 Å². The summed E-state index contributed by atoms with van der Waals surface area (Å²) in [5, 5.41) is 3.02. The molecule has 0 saturated heterocycles. The van der Waals surface area contributed by atoms with Crippen LogP contribution >= 0.6 is 35.7 Å². The number of nitrogens with one attached hydrogen (secondary N) is 1. The number of nitrogens with zero attached hydrogens (tertiary/aromatic N) is 1. The molecule has 0 fully saturated rings. The lowest BCUT2D eigenvalue weighted by Crippen LogP contribution is -2.36. The van der Waals surface area contributed by atoms with Gasteiger partial charge in [-0.2, -0.15) is 11.8 Å². The third-order valence-corrected chi connectivity index (χ3v) is 3.16. The Morgan fingerprint density at radius 2 is 2.11 bits per heavy atom. The second-order valence-corrected chi connectivity index (χ2v) is 5.32. The van der Waals surface area contributed by atoms with Crippen LogP contribution in [0.5, 0.6) is 0 Å². The number of aliphatic imine (C=N–C) groups is 1. The lowest BCUT2D eigenvalue weighted by atomic mass is 10.2. The maximum absolute atomic E-state index is 13.3. The van der Waals surface area contributed by atoms with E-state index in [1.165, 1.54) is 6.07 Å². The average Bonchev–Trinajstić information content (AvgIpc) is 2.30. The smallest absolute Gasteiger partial charge is 0.188 e. The van der Waals surface area contributed by atoms with Crippen LogP contribution in [-0.4, -0.2) is 24.3 Å². The van der Waals surface area contributed by atoms with E-state index >= 15 is 0 Å². The number of hydrogen-bond acceptors (Lipinski definition) is 2. The van der Waals surface area contributed by atoms with Gasteiger partial charge in [0.05, 0.1) is 6.54 Å². The van der Waals surface area contributed by atoms with Crippen molar-refractivity contribution < 1.29 is 4.39 Å². The third-order valence-electron chi connectivity index (χ3n) is 2.17. The molecule has 3 nitrogen and oxygen atoms in total. The van der Waals surface area contributed by atoms with Crippen molar-refractivity contribution in [2.24, 2.45) is 10.7 Å². The van der Waals surface area contributed by atoms with Crippen LogP contribution in [0.1, 0.15) is 19.4 Å². The molecule has 1 aromatic rings. The number of hydrogen-bond donors (Lipinski definition) is 2. The fourth-order valence-electron chi connectivity index (χ4n) is 1.37. The molecule has 0 aliphatic heterocycles. The quantitative estimate of drug-likeness (QED) is 0.336. The van der Waals surface area contributed by atoms with Crippen LogP contribution in [0.3, 0.4) is 0 Å². The van der Waals surface area contributed by atoms with Crippen molar-refractivity contribution in [2.45, 2.75) is 25.6 Å². The summed E-state index contributed by atoms with van der Waals surface area (Å²) in [7, 11) is 0. The second kappa shape index (κ2) is 10.3. The summed E-state index contributed by atoms with van der Waals surface area (Å²) in [4.78, 5) is 4.19. The van der Waals surface area contributed by atoms with Crippen LogP contribution in [0.15, 0.2) is 29.3 Å². The maximum atomic E-state index is 13.3. The lowest BCUT2D eigenvalue weighted by Gasteiger charge is -2.08. The molecule has 1 aromatic carbocycles. The lowest BCUT2D eigenvalue weighted by molar-refractivity contribution is 0.617. The van der Waals surface area contributed by atoms with E-state index in [4.69, 9.17) is 5.73 Å². The summed E-state index contributed by atoms with van der Waals surface area (Å²) in [6, 6.07) is 7.13. The highest BCUT2D eigenvalue weighted by molar-refractivity contribution is 14.0. The Hall–Kier alpha value is -0.500. The van der Waals surface area contributed by atoms with Crippen molar-refractivity contribution in [3.63, 3.8) is 0 Å². The number of thioether (sulfide) groups is 1. The first-order chi connectivity index (χ1) is 8.59. The van der Waals surface area contributed by atoms with E-state index in [1.54, 1.807) is 23.9 Å². The largest absolute Gasteiger partial charge is 0.370 e. The van der Waals surface area contributed by atoms with Gasteiger partial charge in [0.1, 0.15) is 5.82 Å². The molecule has 0 heterocycles. The fraction of sp³-hybridized carbons (Fsp3) is 0.462. The molecule has 0 bridgehead atoms. The van der Waals surface area contributed by atoms with Gasteiger partial charge in [-0.25, -0.2) is 4.39 Å². The molecule has 0 unspecified atom stereocenters. The van der Waals surface area contributed by atoms with Gasteiger partial charge >= 0.3 is 0 Å². The van der Waals surface area contributed by atoms with E-state index in [0.717, 1.165) is 11.3 Å². The van der Waals surface area contributed by atoms with Crippen molar-refractivity contribution in [1.82, 2.24) is 5.32 Å². The van der Waals surface area contributed by atoms with Gasteiger partial charge in [0.25, 0.3) is 0 Å². The highest BCUT2D eigenvalue weighted by Crippen LogP contribution is 2.14. The summed E-state index contributed by atoms with van der Waals surface area (Å²) in [5.41, 5.74) is 6.40. The van der Waals surface area contributed by atoms with E-state index in [-0.39, 0.29) is 29.8 Å². The van der Waals surface area contributed by atoms with E-state index in [0.29, 0.717) is 24.3 Å². The summed E-state index contributed by atoms with van der Waals surface area (Å²) in [6.45, 7) is 4.66. The molecule has 0 aromatic heterocycles. The van der Waals surface area contributed by atoms with Gasteiger partial charge in [0.15, 0.2) is 5.96 Å². The minimum Gasteiger partial charge on any atom is -0.370 e. The van der Waals surface area contributed by atoms with Gasteiger partial charge in [-0.3, -0.25) is 4.99 Å². The number of guanidine groups is 1. The van der Waals surface area contributed by atoms with Crippen molar-refractivity contribution in [3.05, 3.63) is 35.6 Å². The molecule has 0 amide bonds. The molecule has 0 saturated carbocycles. The Labute approximate surface area is 135 Å². The van der Waals surface area contributed by atoms with Crippen LogP contribution < -0.4 is 11.1 Å². The van der Waals surface area contributed by atoms with Crippen LogP contribution in [0.2, 0.25) is 0 Å². The van der Waals surface area contributed by atoms with E-state index in [2.05, 4.69) is 10.3 Å². The zero-order valence-electron chi connectivity index (χ0n) is 11.2. The van der Waals surface area contributed by atoms with Crippen molar-refractivity contribution in [3.8, 4) is 0 Å². The zero-order chi connectivity index (χ0) is 13.4. The fourth-order valence-corrected chi connectivity index (χ4v) is 2.19. The number of rotatable bonds is 6. The van der Waals surface area contributed by atoms with Crippen molar-refractivity contribution in [2.75, 3.05) is 12.3 Å². The molecule has 0 radical (unpaired) electrons. The minimum absolute atomic E-state index is 0. The minimum atomic E-state index is -0.144. The first-order valence-electron chi connectivity index (χ1n) is 5.97. The molecule has 0 aliphatic rings. The van der Waals surface area contributed by atoms with E-state index in [1.807, 2.05) is 19.9 Å². The van der Waals surface area contributed by atoms with Gasteiger partial charge in [0, 0.05) is 17.5 Å². The standard InChI is InChI=1S/C13H20FN3S.HI/c1-10(2)17-13(15)16-7-8-18-9-11-5-3-4-6-12(11)14;/h3-6,10H,7-9H2,1-2H3,(H3,15,16,17);1H. The highest BCUT2D eigenvalue weighted by atomic mass is 127. The number of benzene rings is 1. The maximum Gasteiger partial charge on any atom is 0.188 e. The summed E-state index contributed by atoms with van der Waals surface area (Å²) < 4.78 is 13.3. The molecule has 6 heteroatoms. The monoisotopic (exact) mass is 397 g/mol. The summed E-state index contributed by atoms with van der Waals surface area (Å²) >= 11 is 1.65. The molecule has 19 heavy (non-hydrogen) atoms. The zero-order valence-corrected chi connectivity index (χ0v) is 14.4. The summed E-state index contributed by atoms with van der Waals surface area (Å²) in [6.07, 6.45) is 0. The number of nitrogens with two attached hydrogens (primary N) is 1. The molecule has 108 valence electrons. The molecular weight excluding hydrogens is 376 g/mol. The average molecular weight is 397 g/mol. The Bertz CT molecular complexity index is 399. The molecule has 3 N–H and O–H groups in total. The molecule has 1 rings (SSSR count). The predicted octanol–water partition coefficient (Wildman–Crippen LogP) is 2.99.